The number of aryl methyl sites for hydroxylation is 1. The van der Waals surface area contributed by atoms with Crippen LogP contribution in [-0.2, 0) is 0 Å². The number of halogens is 1. The van der Waals surface area contributed by atoms with Crippen LogP contribution in [0.3, 0.4) is 0 Å². The summed E-state index contributed by atoms with van der Waals surface area (Å²) in [6, 6.07) is 18.8. The highest BCUT2D eigenvalue weighted by Crippen LogP contribution is 2.42. The molecule has 0 amide bonds. The van der Waals surface area contributed by atoms with Gasteiger partial charge < -0.3 is 10.2 Å². The number of aliphatic imine (C=N–C) groups is 2. The molecule has 2 aromatic carbocycles. The van der Waals surface area contributed by atoms with Crippen molar-refractivity contribution in [3.8, 4) is 0 Å². The van der Waals surface area contributed by atoms with Crippen molar-refractivity contribution in [2.24, 2.45) is 9.98 Å². The lowest BCUT2D eigenvalue weighted by atomic mass is 9.90. The first kappa shape index (κ1) is 21.1. The number of allylic oxidation sites excluding steroid dienone is 1. The van der Waals surface area contributed by atoms with E-state index in [9.17, 15) is 4.39 Å². The number of fused-ring (bicyclic) bond motifs is 2. The first-order valence-corrected chi connectivity index (χ1v) is 11.2. The maximum atomic E-state index is 13.7. The van der Waals surface area contributed by atoms with Gasteiger partial charge in [0, 0.05) is 24.3 Å². The van der Waals surface area contributed by atoms with Crippen molar-refractivity contribution in [3.05, 3.63) is 90.1 Å². The summed E-state index contributed by atoms with van der Waals surface area (Å²) in [5.74, 6) is -0.248. The fourth-order valence-electron chi connectivity index (χ4n) is 4.35. The molecular formula is C27H26FN5. The summed E-state index contributed by atoms with van der Waals surface area (Å²) >= 11 is 0. The molecule has 0 spiro atoms. The Labute approximate surface area is 193 Å². The highest BCUT2D eigenvalue weighted by Gasteiger charge is 2.35. The zero-order valence-electron chi connectivity index (χ0n) is 19.0. The van der Waals surface area contributed by atoms with Gasteiger partial charge in [-0.3, -0.25) is 9.98 Å². The van der Waals surface area contributed by atoms with E-state index < -0.39 is 0 Å². The molecule has 6 heteroatoms. The fourth-order valence-corrected chi connectivity index (χ4v) is 4.35. The van der Waals surface area contributed by atoms with Gasteiger partial charge in [0.05, 0.1) is 45.9 Å². The predicted octanol–water partition coefficient (Wildman–Crippen LogP) is 6.37. The molecule has 1 atom stereocenters. The monoisotopic (exact) mass is 439 g/mol. The van der Waals surface area contributed by atoms with E-state index in [1.165, 1.54) is 12.1 Å². The number of anilines is 3. The molecule has 1 aliphatic carbocycles. The van der Waals surface area contributed by atoms with Crippen LogP contribution in [0.1, 0.15) is 26.0 Å². The minimum Gasteiger partial charge on any atom is -0.353 e. The van der Waals surface area contributed by atoms with Crippen molar-refractivity contribution >= 4 is 34.2 Å². The van der Waals surface area contributed by atoms with E-state index in [1.807, 2.05) is 49.4 Å². The second-order valence-corrected chi connectivity index (χ2v) is 8.58. The normalized spacial score (nSPS) is 18.5. The van der Waals surface area contributed by atoms with E-state index in [-0.39, 0.29) is 17.9 Å². The molecule has 0 saturated heterocycles. The molecule has 1 aromatic heterocycles. The van der Waals surface area contributed by atoms with Crippen LogP contribution in [0.2, 0.25) is 0 Å². The fraction of sp³-hybridized carbons (Fsp3) is 0.222. The first-order chi connectivity index (χ1) is 16.0. The number of pyridine rings is 1. The molecule has 5 nitrogen and oxygen atoms in total. The SMILES string of the molecule is Cc1ncccc1NC1=CC2=Nc3ccccc3N(c3ccc(F)cc3)C2C/C1=N\C(C)C. The third-order valence-electron chi connectivity index (χ3n) is 5.83. The lowest BCUT2D eigenvalue weighted by Gasteiger charge is -2.40. The van der Waals surface area contributed by atoms with Crippen molar-refractivity contribution < 1.29 is 4.39 Å². The number of para-hydroxylation sites is 2. The maximum Gasteiger partial charge on any atom is 0.123 e. The van der Waals surface area contributed by atoms with Crippen LogP contribution in [0.5, 0.6) is 0 Å². The van der Waals surface area contributed by atoms with Gasteiger partial charge in [-0.15, -0.1) is 0 Å². The van der Waals surface area contributed by atoms with Crippen molar-refractivity contribution in [2.75, 3.05) is 10.2 Å². The Morgan fingerprint density at radius 1 is 1.06 bits per heavy atom. The molecule has 1 unspecified atom stereocenters. The summed E-state index contributed by atoms with van der Waals surface area (Å²) in [5, 5.41) is 3.54. The van der Waals surface area contributed by atoms with E-state index in [0.29, 0.717) is 6.42 Å². The smallest absolute Gasteiger partial charge is 0.123 e. The zero-order chi connectivity index (χ0) is 22.9. The Morgan fingerprint density at radius 3 is 2.61 bits per heavy atom. The molecule has 0 bridgehead atoms. The summed E-state index contributed by atoms with van der Waals surface area (Å²) in [6.07, 6.45) is 4.56. The summed E-state index contributed by atoms with van der Waals surface area (Å²) in [5.41, 5.74) is 7.58. The summed E-state index contributed by atoms with van der Waals surface area (Å²) in [7, 11) is 0. The zero-order valence-corrected chi connectivity index (χ0v) is 19.0. The van der Waals surface area contributed by atoms with E-state index in [0.717, 1.165) is 45.6 Å². The topological polar surface area (TPSA) is 52.9 Å². The van der Waals surface area contributed by atoms with Gasteiger partial charge in [0.25, 0.3) is 0 Å². The van der Waals surface area contributed by atoms with Crippen molar-refractivity contribution in [1.82, 2.24) is 4.98 Å². The van der Waals surface area contributed by atoms with Gasteiger partial charge in [0.2, 0.25) is 0 Å². The minimum atomic E-state index is -0.248. The molecule has 2 aliphatic rings. The largest absolute Gasteiger partial charge is 0.353 e. The lowest BCUT2D eigenvalue weighted by Crippen LogP contribution is -2.44. The molecule has 0 fully saturated rings. The van der Waals surface area contributed by atoms with Crippen molar-refractivity contribution in [1.29, 1.82) is 0 Å². The molecule has 1 aliphatic heterocycles. The van der Waals surface area contributed by atoms with Crippen molar-refractivity contribution in [3.63, 3.8) is 0 Å². The van der Waals surface area contributed by atoms with Crippen molar-refractivity contribution in [2.45, 2.75) is 39.3 Å². The molecular weight excluding hydrogens is 413 g/mol. The first-order valence-electron chi connectivity index (χ1n) is 11.2. The van der Waals surface area contributed by atoms with E-state index in [1.54, 1.807) is 6.20 Å². The molecule has 166 valence electrons. The number of rotatable bonds is 4. The van der Waals surface area contributed by atoms with E-state index >= 15 is 0 Å². The lowest BCUT2D eigenvalue weighted by molar-refractivity contribution is 0.627. The standard InChI is InChI=1S/C27H26FN5/c1-17(2)30-24-16-27-25(15-23(24)31-21-8-6-14-29-18(21)3)32-22-7-4-5-9-26(22)33(27)20-12-10-19(28)11-13-20/h4-15,17,27,31H,16H2,1-3H3/b30-24+. The van der Waals surface area contributed by atoms with Crippen LogP contribution in [-0.4, -0.2) is 28.5 Å². The van der Waals surface area contributed by atoms with Crippen LogP contribution < -0.4 is 10.2 Å². The minimum absolute atomic E-state index is 0.0385. The van der Waals surface area contributed by atoms with Gasteiger partial charge in [-0.05, 0) is 75.4 Å². The van der Waals surface area contributed by atoms with Crippen LogP contribution >= 0.6 is 0 Å². The average molecular weight is 440 g/mol. The van der Waals surface area contributed by atoms with E-state index in [4.69, 9.17) is 9.98 Å². The third-order valence-corrected chi connectivity index (χ3v) is 5.83. The summed E-state index contributed by atoms with van der Waals surface area (Å²) < 4.78 is 13.7. The summed E-state index contributed by atoms with van der Waals surface area (Å²) in [6.45, 7) is 6.15. The Morgan fingerprint density at radius 2 is 1.85 bits per heavy atom. The van der Waals surface area contributed by atoms with Gasteiger partial charge in [0.1, 0.15) is 5.82 Å². The second kappa shape index (κ2) is 8.62. The molecule has 0 radical (unpaired) electrons. The van der Waals surface area contributed by atoms with Crippen LogP contribution in [0, 0.1) is 12.7 Å². The number of aromatic nitrogens is 1. The average Bonchev–Trinajstić information content (AvgIpc) is 2.80. The number of nitrogens with zero attached hydrogens (tertiary/aromatic N) is 4. The Hall–Kier alpha value is -3.80. The molecule has 0 saturated carbocycles. The van der Waals surface area contributed by atoms with Gasteiger partial charge >= 0.3 is 0 Å². The van der Waals surface area contributed by atoms with Gasteiger partial charge in [-0.25, -0.2) is 9.38 Å². The molecule has 2 heterocycles. The van der Waals surface area contributed by atoms with Gasteiger partial charge in [0.15, 0.2) is 0 Å². The Kier molecular flexibility index (Phi) is 5.50. The number of hydrogen-bond donors (Lipinski definition) is 1. The molecule has 1 N–H and O–H groups in total. The van der Waals surface area contributed by atoms with Gasteiger partial charge in [-0.2, -0.15) is 0 Å². The molecule has 33 heavy (non-hydrogen) atoms. The molecule has 3 aromatic rings. The number of nitrogens with one attached hydrogen (secondary N) is 1. The molecule has 5 rings (SSSR count). The van der Waals surface area contributed by atoms with Gasteiger partial charge in [-0.1, -0.05) is 12.1 Å². The maximum absolute atomic E-state index is 13.7. The number of hydrogen-bond acceptors (Lipinski definition) is 5. The van der Waals surface area contributed by atoms with Crippen LogP contribution in [0.4, 0.5) is 27.1 Å². The highest BCUT2D eigenvalue weighted by atomic mass is 19.1. The van der Waals surface area contributed by atoms with Crippen LogP contribution in [0.25, 0.3) is 0 Å². The highest BCUT2D eigenvalue weighted by molar-refractivity contribution is 6.19. The quantitative estimate of drug-likeness (QED) is 0.514. The Bertz CT molecular complexity index is 1270. The summed E-state index contributed by atoms with van der Waals surface area (Å²) in [4.78, 5) is 16.6. The van der Waals surface area contributed by atoms with E-state index in [2.05, 4.69) is 41.2 Å². The second-order valence-electron chi connectivity index (χ2n) is 8.58. The number of benzene rings is 2. The van der Waals surface area contributed by atoms with Crippen LogP contribution in [0.15, 0.2) is 88.6 Å². The Balaban J connectivity index is 1.64. The predicted molar refractivity (Wildman–Crippen MR) is 134 cm³/mol. The third kappa shape index (κ3) is 4.16.